The predicted molar refractivity (Wildman–Crippen MR) is 75.7 cm³/mol. The zero-order chi connectivity index (χ0) is 12.1. The highest BCUT2D eigenvalue weighted by molar-refractivity contribution is 7.98. The van der Waals surface area contributed by atoms with Crippen molar-refractivity contribution < 1.29 is 0 Å². The SMILES string of the molecule is CSCCN1CCN(c2ccc(N)cn2)CC1. The topological polar surface area (TPSA) is 45.4 Å². The Morgan fingerprint density at radius 1 is 1.29 bits per heavy atom. The van der Waals surface area contributed by atoms with Crippen molar-refractivity contribution in [3.63, 3.8) is 0 Å². The molecule has 0 bridgehead atoms. The van der Waals surface area contributed by atoms with Crippen molar-refractivity contribution >= 4 is 23.3 Å². The first-order chi connectivity index (χ1) is 8.29. The first kappa shape index (κ1) is 12.5. The molecule has 0 aromatic carbocycles. The van der Waals surface area contributed by atoms with Gasteiger partial charge in [-0.05, 0) is 18.4 Å². The summed E-state index contributed by atoms with van der Waals surface area (Å²) in [5.41, 5.74) is 6.37. The second-order valence-electron chi connectivity index (χ2n) is 4.27. The maximum absolute atomic E-state index is 5.64. The molecule has 0 spiro atoms. The van der Waals surface area contributed by atoms with Gasteiger partial charge < -0.3 is 10.6 Å². The van der Waals surface area contributed by atoms with Crippen molar-refractivity contribution in [2.45, 2.75) is 0 Å². The van der Waals surface area contributed by atoms with E-state index in [-0.39, 0.29) is 0 Å². The number of aromatic nitrogens is 1. The fraction of sp³-hybridized carbons (Fsp3) is 0.583. The molecule has 2 N–H and O–H groups in total. The third-order valence-electron chi connectivity index (χ3n) is 3.08. The Kier molecular flexibility index (Phi) is 4.50. The van der Waals surface area contributed by atoms with E-state index < -0.39 is 0 Å². The van der Waals surface area contributed by atoms with Crippen LogP contribution < -0.4 is 10.6 Å². The van der Waals surface area contributed by atoms with Crippen LogP contribution in [0.1, 0.15) is 0 Å². The Labute approximate surface area is 107 Å². The van der Waals surface area contributed by atoms with E-state index in [2.05, 4.69) is 21.0 Å². The van der Waals surface area contributed by atoms with E-state index in [0.29, 0.717) is 0 Å². The van der Waals surface area contributed by atoms with E-state index in [1.54, 1.807) is 6.20 Å². The Balaban J connectivity index is 1.84. The summed E-state index contributed by atoms with van der Waals surface area (Å²) in [6.45, 7) is 5.58. The van der Waals surface area contributed by atoms with Crippen LogP contribution in [-0.4, -0.2) is 54.6 Å². The summed E-state index contributed by atoms with van der Waals surface area (Å²) in [5, 5.41) is 0. The molecule has 1 aliphatic rings. The fourth-order valence-corrected chi connectivity index (χ4v) is 2.45. The lowest BCUT2D eigenvalue weighted by atomic mass is 10.3. The summed E-state index contributed by atoms with van der Waals surface area (Å²) < 4.78 is 0. The van der Waals surface area contributed by atoms with Crippen molar-refractivity contribution in [1.82, 2.24) is 9.88 Å². The van der Waals surface area contributed by atoms with Crippen LogP contribution in [0, 0.1) is 0 Å². The molecular formula is C12H20N4S. The highest BCUT2D eigenvalue weighted by atomic mass is 32.2. The molecule has 2 heterocycles. The molecule has 0 amide bonds. The van der Waals surface area contributed by atoms with Crippen molar-refractivity contribution in [3.05, 3.63) is 18.3 Å². The molecule has 1 aromatic heterocycles. The Morgan fingerprint density at radius 3 is 2.65 bits per heavy atom. The van der Waals surface area contributed by atoms with E-state index in [9.17, 15) is 0 Å². The zero-order valence-electron chi connectivity index (χ0n) is 10.3. The lowest BCUT2D eigenvalue weighted by Gasteiger charge is -2.35. The Morgan fingerprint density at radius 2 is 2.06 bits per heavy atom. The number of rotatable bonds is 4. The number of hydrogen-bond acceptors (Lipinski definition) is 5. The van der Waals surface area contributed by atoms with Crippen LogP contribution in [0.15, 0.2) is 18.3 Å². The smallest absolute Gasteiger partial charge is 0.128 e. The Bertz CT molecular complexity index is 333. The summed E-state index contributed by atoms with van der Waals surface area (Å²) in [6, 6.07) is 3.93. The van der Waals surface area contributed by atoms with Gasteiger partial charge >= 0.3 is 0 Å². The summed E-state index contributed by atoms with van der Waals surface area (Å²) in [5.74, 6) is 2.27. The number of thioether (sulfide) groups is 1. The molecule has 0 unspecified atom stereocenters. The molecule has 0 aliphatic carbocycles. The van der Waals surface area contributed by atoms with Crippen LogP contribution in [0.3, 0.4) is 0 Å². The average Bonchev–Trinajstić information content (AvgIpc) is 2.38. The molecule has 17 heavy (non-hydrogen) atoms. The third kappa shape index (κ3) is 3.51. The number of nitrogens with zero attached hydrogens (tertiary/aromatic N) is 3. The highest BCUT2D eigenvalue weighted by Crippen LogP contribution is 2.14. The van der Waals surface area contributed by atoms with Crippen LogP contribution in [0.25, 0.3) is 0 Å². The average molecular weight is 252 g/mol. The standard InChI is InChI=1S/C12H20N4S/c1-17-9-8-15-4-6-16(7-5-15)12-3-2-11(13)10-14-12/h2-3,10H,4-9,13H2,1H3. The molecule has 1 aliphatic heterocycles. The van der Waals surface area contributed by atoms with E-state index in [1.165, 1.54) is 12.3 Å². The van der Waals surface area contributed by atoms with Crippen LogP contribution in [-0.2, 0) is 0 Å². The van der Waals surface area contributed by atoms with Crippen LogP contribution in [0.5, 0.6) is 0 Å². The first-order valence-corrected chi connectivity index (χ1v) is 7.37. The Hall–Kier alpha value is -0.940. The van der Waals surface area contributed by atoms with Crippen LogP contribution in [0.2, 0.25) is 0 Å². The summed E-state index contributed by atoms with van der Waals surface area (Å²) in [7, 11) is 0. The molecule has 4 nitrogen and oxygen atoms in total. The van der Waals surface area contributed by atoms with Gasteiger partial charge in [-0.2, -0.15) is 11.8 Å². The molecule has 5 heteroatoms. The first-order valence-electron chi connectivity index (χ1n) is 5.97. The van der Waals surface area contributed by atoms with E-state index in [0.717, 1.165) is 37.7 Å². The summed E-state index contributed by atoms with van der Waals surface area (Å²) in [6.07, 6.45) is 3.89. The zero-order valence-corrected chi connectivity index (χ0v) is 11.1. The lowest BCUT2D eigenvalue weighted by Crippen LogP contribution is -2.47. The van der Waals surface area contributed by atoms with Gasteiger partial charge in [-0.25, -0.2) is 4.98 Å². The molecule has 1 fully saturated rings. The van der Waals surface area contributed by atoms with Gasteiger partial charge in [0.2, 0.25) is 0 Å². The van der Waals surface area contributed by atoms with Gasteiger partial charge in [0, 0.05) is 38.5 Å². The minimum Gasteiger partial charge on any atom is -0.397 e. The maximum atomic E-state index is 5.64. The molecule has 0 saturated carbocycles. The van der Waals surface area contributed by atoms with Gasteiger partial charge in [0.25, 0.3) is 0 Å². The van der Waals surface area contributed by atoms with E-state index in [1.807, 2.05) is 23.9 Å². The van der Waals surface area contributed by atoms with Gasteiger partial charge in [0.1, 0.15) is 5.82 Å². The van der Waals surface area contributed by atoms with Crippen molar-refractivity contribution in [2.75, 3.05) is 55.4 Å². The van der Waals surface area contributed by atoms with E-state index >= 15 is 0 Å². The molecule has 2 rings (SSSR count). The van der Waals surface area contributed by atoms with Crippen LogP contribution in [0.4, 0.5) is 11.5 Å². The minimum atomic E-state index is 0.729. The molecule has 94 valence electrons. The van der Waals surface area contributed by atoms with E-state index in [4.69, 9.17) is 5.73 Å². The number of hydrogen-bond donors (Lipinski definition) is 1. The second-order valence-corrected chi connectivity index (χ2v) is 5.26. The van der Waals surface area contributed by atoms with Gasteiger partial charge in [0.15, 0.2) is 0 Å². The lowest BCUT2D eigenvalue weighted by molar-refractivity contribution is 0.273. The number of pyridine rings is 1. The number of nitrogen functional groups attached to an aromatic ring is 1. The van der Waals surface area contributed by atoms with Gasteiger partial charge in [-0.3, -0.25) is 4.90 Å². The van der Waals surface area contributed by atoms with Crippen molar-refractivity contribution in [3.8, 4) is 0 Å². The number of nitrogens with two attached hydrogens (primary N) is 1. The maximum Gasteiger partial charge on any atom is 0.128 e. The molecule has 1 aromatic rings. The third-order valence-corrected chi connectivity index (χ3v) is 3.67. The number of anilines is 2. The fourth-order valence-electron chi connectivity index (χ4n) is 2.01. The monoisotopic (exact) mass is 252 g/mol. The largest absolute Gasteiger partial charge is 0.397 e. The van der Waals surface area contributed by atoms with Crippen molar-refractivity contribution in [2.24, 2.45) is 0 Å². The normalized spacial score (nSPS) is 17.4. The number of piperazine rings is 1. The molecule has 0 radical (unpaired) electrons. The molecule has 1 saturated heterocycles. The minimum absolute atomic E-state index is 0.729. The quantitative estimate of drug-likeness (QED) is 0.871. The summed E-state index contributed by atoms with van der Waals surface area (Å²) in [4.78, 5) is 9.21. The highest BCUT2D eigenvalue weighted by Gasteiger charge is 2.17. The molecular weight excluding hydrogens is 232 g/mol. The predicted octanol–water partition coefficient (Wildman–Crippen LogP) is 1.15. The summed E-state index contributed by atoms with van der Waals surface area (Å²) >= 11 is 1.91. The second kappa shape index (κ2) is 6.12. The van der Waals surface area contributed by atoms with Crippen molar-refractivity contribution in [1.29, 1.82) is 0 Å². The van der Waals surface area contributed by atoms with Gasteiger partial charge in [0.05, 0.1) is 11.9 Å². The van der Waals surface area contributed by atoms with Crippen LogP contribution >= 0.6 is 11.8 Å². The van der Waals surface area contributed by atoms with Gasteiger partial charge in [-0.15, -0.1) is 0 Å². The molecule has 0 atom stereocenters. The van der Waals surface area contributed by atoms with Gasteiger partial charge in [-0.1, -0.05) is 0 Å².